The molecule has 1 aromatic heterocycles. The highest BCUT2D eigenvalue weighted by atomic mass is 16.5. The van der Waals surface area contributed by atoms with Crippen LogP contribution < -0.4 is 4.74 Å². The second-order valence-corrected chi connectivity index (χ2v) is 5.43. The van der Waals surface area contributed by atoms with Crippen molar-refractivity contribution in [1.82, 2.24) is 9.88 Å². The molecule has 0 aliphatic carbocycles. The summed E-state index contributed by atoms with van der Waals surface area (Å²) in [5.74, 6) is 1.59. The number of hydrogen-bond donors (Lipinski definition) is 1. The van der Waals surface area contributed by atoms with E-state index in [-0.39, 0.29) is 6.10 Å². The van der Waals surface area contributed by atoms with Gasteiger partial charge in [-0.2, -0.15) is 0 Å². The van der Waals surface area contributed by atoms with Gasteiger partial charge in [0.25, 0.3) is 0 Å². The van der Waals surface area contributed by atoms with Gasteiger partial charge < -0.3 is 9.84 Å². The Bertz CT molecular complexity index is 574. The number of hydrogen-bond acceptors (Lipinski definition) is 4. The minimum atomic E-state index is -0.204. The van der Waals surface area contributed by atoms with Crippen molar-refractivity contribution in [2.24, 2.45) is 0 Å². The third-order valence-corrected chi connectivity index (χ3v) is 3.71. The van der Waals surface area contributed by atoms with Crippen LogP contribution in [0, 0.1) is 0 Å². The molecular formula is C17H20N2O2. The van der Waals surface area contributed by atoms with Crippen LogP contribution in [-0.4, -0.2) is 34.2 Å². The summed E-state index contributed by atoms with van der Waals surface area (Å²) in [5, 5.41) is 9.78. The second kappa shape index (κ2) is 6.70. The largest absolute Gasteiger partial charge is 0.455 e. The van der Waals surface area contributed by atoms with E-state index in [1.165, 1.54) is 0 Å². The fourth-order valence-corrected chi connectivity index (χ4v) is 2.68. The number of rotatable bonds is 4. The topological polar surface area (TPSA) is 45.6 Å². The van der Waals surface area contributed by atoms with Gasteiger partial charge in [0, 0.05) is 24.8 Å². The third kappa shape index (κ3) is 3.80. The van der Waals surface area contributed by atoms with Crippen LogP contribution in [0.3, 0.4) is 0 Å². The molecule has 1 fully saturated rings. The molecule has 21 heavy (non-hydrogen) atoms. The molecule has 1 aromatic carbocycles. The van der Waals surface area contributed by atoms with Gasteiger partial charge >= 0.3 is 0 Å². The van der Waals surface area contributed by atoms with E-state index in [2.05, 4.69) is 16.0 Å². The summed E-state index contributed by atoms with van der Waals surface area (Å²) in [6, 6.07) is 11.8. The van der Waals surface area contributed by atoms with E-state index in [1.54, 1.807) is 12.4 Å². The van der Waals surface area contributed by atoms with Crippen LogP contribution in [0.2, 0.25) is 0 Å². The van der Waals surface area contributed by atoms with Gasteiger partial charge in [-0.25, -0.2) is 0 Å². The Morgan fingerprint density at radius 1 is 1.24 bits per heavy atom. The van der Waals surface area contributed by atoms with Gasteiger partial charge in [0.05, 0.1) is 12.3 Å². The van der Waals surface area contributed by atoms with Crippen LogP contribution in [0.4, 0.5) is 0 Å². The number of pyridine rings is 1. The van der Waals surface area contributed by atoms with Crippen LogP contribution in [-0.2, 0) is 6.54 Å². The molecular weight excluding hydrogens is 264 g/mol. The standard InChI is InChI=1S/C17H20N2O2/c20-15-6-4-10-19(13-15)12-14-5-1-2-8-17(14)21-16-7-3-9-18-11-16/h1-3,5,7-9,11,15,20H,4,6,10,12-13H2. The van der Waals surface area contributed by atoms with Crippen molar-refractivity contribution in [3.63, 3.8) is 0 Å². The van der Waals surface area contributed by atoms with E-state index in [9.17, 15) is 5.11 Å². The minimum Gasteiger partial charge on any atom is -0.455 e. The van der Waals surface area contributed by atoms with Crippen molar-refractivity contribution in [3.05, 3.63) is 54.4 Å². The molecule has 1 N–H and O–H groups in total. The summed E-state index contributed by atoms with van der Waals surface area (Å²) in [6.45, 7) is 2.56. The Hall–Kier alpha value is -1.91. The molecule has 3 rings (SSSR count). The molecule has 0 radical (unpaired) electrons. The molecule has 0 saturated carbocycles. The number of β-amino-alcohol motifs (C(OH)–C–C–N with tert-alkyl or cyclic N) is 1. The third-order valence-electron chi connectivity index (χ3n) is 3.71. The SMILES string of the molecule is OC1CCCN(Cc2ccccc2Oc2cccnc2)C1. The number of aliphatic hydroxyl groups excluding tert-OH is 1. The van der Waals surface area contributed by atoms with Crippen molar-refractivity contribution in [3.8, 4) is 11.5 Å². The fraction of sp³-hybridized carbons (Fsp3) is 0.353. The Kier molecular flexibility index (Phi) is 4.48. The lowest BCUT2D eigenvalue weighted by Gasteiger charge is -2.30. The summed E-state index contributed by atoms with van der Waals surface area (Å²) >= 11 is 0. The van der Waals surface area contributed by atoms with Crippen molar-refractivity contribution in [2.75, 3.05) is 13.1 Å². The first-order valence-electron chi connectivity index (χ1n) is 7.37. The molecule has 1 aliphatic rings. The molecule has 0 spiro atoms. The van der Waals surface area contributed by atoms with Crippen LogP contribution >= 0.6 is 0 Å². The van der Waals surface area contributed by atoms with Crippen molar-refractivity contribution >= 4 is 0 Å². The maximum atomic E-state index is 9.78. The second-order valence-electron chi connectivity index (χ2n) is 5.43. The fourth-order valence-electron chi connectivity index (χ4n) is 2.68. The molecule has 110 valence electrons. The highest BCUT2D eigenvalue weighted by Crippen LogP contribution is 2.26. The van der Waals surface area contributed by atoms with E-state index in [4.69, 9.17) is 4.74 Å². The molecule has 1 unspecified atom stereocenters. The molecule has 1 aliphatic heterocycles. The number of ether oxygens (including phenoxy) is 1. The zero-order chi connectivity index (χ0) is 14.5. The van der Waals surface area contributed by atoms with Gasteiger partial charge in [0.1, 0.15) is 11.5 Å². The van der Waals surface area contributed by atoms with Gasteiger partial charge in [-0.3, -0.25) is 9.88 Å². The summed E-state index contributed by atoms with van der Waals surface area (Å²) in [6.07, 6.45) is 5.19. The molecule has 1 atom stereocenters. The number of nitrogens with zero attached hydrogens (tertiary/aromatic N) is 2. The zero-order valence-electron chi connectivity index (χ0n) is 12.0. The van der Waals surface area contributed by atoms with Gasteiger partial charge in [0.2, 0.25) is 0 Å². The maximum absolute atomic E-state index is 9.78. The average molecular weight is 284 g/mol. The smallest absolute Gasteiger partial charge is 0.145 e. The van der Waals surface area contributed by atoms with Crippen LogP contribution in [0.5, 0.6) is 11.5 Å². The number of para-hydroxylation sites is 1. The van der Waals surface area contributed by atoms with E-state index >= 15 is 0 Å². The molecule has 0 bridgehead atoms. The molecule has 2 aromatic rings. The molecule has 1 saturated heterocycles. The predicted octanol–water partition coefficient (Wildman–Crippen LogP) is 2.83. The lowest BCUT2D eigenvalue weighted by molar-refractivity contribution is 0.0665. The molecule has 4 nitrogen and oxygen atoms in total. The van der Waals surface area contributed by atoms with E-state index < -0.39 is 0 Å². The van der Waals surface area contributed by atoms with Crippen molar-refractivity contribution in [2.45, 2.75) is 25.5 Å². The van der Waals surface area contributed by atoms with Crippen LogP contribution in [0.25, 0.3) is 0 Å². The first-order chi connectivity index (χ1) is 10.3. The molecule has 0 amide bonds. The van der Waals surface area contributed by atoms with E-state index in [0.29, 0.717) is 0 Å². The average Bonchev–Trinajstić information content (AvgIpc) is 2.50. The summed E-state index contributed by atoms with van der Waals surface area (Å²) in [4.78, 5) is 6.35. The molecule has 2 heterocycles. The number of piperidine rings is 1. The minimum absolute atomic E-state index is 0.204. The number of aliphatic hydroxyl groups is 1. The number of benzene rings is 1. The number of aromatic nitrogens is 1. The highest BCUT2D eigenvalue weighted by Gasteiger charge is 2.18. The van der Waals surface area contributed by atoms with E-state index in [1.807, 2.05) is 30.3 Å². The van der Waals surface area contributed by atoms with Gasteiger partial charge in [-0.05, 0) is 37.6 Å². The normalized spacial score (nSPS) is 19.4. The lowest BCUT2D eigenvalue weighted by Crippen LogP contribution is -2.37. The van der Waals surface area contributed by atoms with Gasteiger partial charge in [0.15, 0.2) is 0 Å². The lowest BCUT2D eigenvalue weighted by atomic mass is 10.1. The Morgan fingerprint density at radius 3 is 2.95 bits per heavy atom. The Balaban J connectivity index is 1.73. The Labute approximate surface area is 125 Å². The van der Waals surface area contributed by atoms with Gasteiger partial charge in [-0.15, -0.1) is 0 Å². The van der Waals surface area contributed by atoms with Crippen molar-refractivity contribution in [1.29, 1.82) is 0 Å². The predicted molar refractivity (Wildman–Crippen MR) is 81.3 cm³/mol. The van der Waals surface area contributed by atoms with Crippen molar-refractivity contribution < 1.29 is 9.84 Å². The van der Waals surface area contributed by atoms with Gasteiger partial charge in [-0.1, -0.05) is 18.2 Å². The summed E-state index contributed by atoms with van der Waals surface area (Å²) in [7, 11) is 0. The highest BCUT2D eigenvalue weighted by molar-refractivity contribution is 5.37. The summed E-state index contributed by atoms with van der Waals surface area (Å²) in [5.41, 5.74) is 1.13. The zero-order valence-corrected chi connectivity index (χ0v) is 12.0. The first kappa shape index (κ1) is 14.0. The maximum Gasteiger partial charge on any atom is 0.145 e. The van der Waals surface area contributed by atoms with Crippen LogP contribution in [0.15, 0.2) is 48.8 Å². The first-order valence-corrected chi connectivity index (χ1v) is 7.37. The monoisotopic (exact) mass is 284 g/mol. The Morgan fingerprint density at radius 2 is 2.14 bits per heavy atom. The van der Waals surface area contributed by atoms with E-state index in [0.717, 1.165) is 49.5 Å². The summed E-state index contributed by atoms with van der Waals surface area (Å²) < 4.78 is 5.93. The quantitative estimate of drug-likeness (QED) is 0.937. The molecule has 4 heteroatoms. The van der Waals surface area contributed by atoms with Crippen LogP contribution in [0.1, 0.15) is 18.4 Å². The number of likely N-dealkylation sites (tertiary alicyclic amines) is 1.